The van der Waals surface area contributed by atoms with Crippen molar-refractivity contribution >= 4 is 17.6 Å². The standard InChI is InChI=1S/C18H16F3N3O4/c1-10-22-6-7-24(10)14-5-4-11(18(19,20)21)8-13(14)23-9-12-15(25)27-17(2,3)28-16(12)26/h4-9,23H,1-3H3. The van der Waals surface area contributed by atoms with Crippen LogP contribution in [0, 0.1) is 6.92 Å². The average Bonchev–Trinajstić information content (AvgIpc) is 2.98. The van der Waals surface area contributed by atoms with Gasteiger partial charge in [0, 0.05) is 32.4 Å². The van der Waals surface area contributed by atoms with E-state index in [0.29, 0.717) is 11.5 Å². The Morgan fingerprint density at radius 3 is 2.36 bits per heavy atom. The molecule has 0 atom stereocenters. The quantitative estimate of drug-likeness (QED) is 0.488. The van der Waals surface area contributed by atoms with E-state index in [2.05, 4.69) is 10.3 Å². The van der Waals surface area contributed by atoms with Crippen molar-refractivity contribution in [3.8, 4) is 5.69 Å². The van der Waals surface area contributed by atoms with Crippen molar-refractivity contribution in [1.82, 2.24) is 9.55 Å². The summed E-state index contributed by atoms with van der Waals surface area (Å²) in [6, 6.07) is 3.06. The monoisotopic (exact) mass is 395 g/mol. The van der Waals surface area contributed by atoms with Gasteiger partial charge < -0.3 is 19.4 Å². The highest BCUT2D eigenvalue weighted by atomic mass is 19.4. The minimum atomic E-state index is -4.57. The first-order chi connectivity index (χ1) is 13.0. The molecule has 10 heteroatoms. The van der Waals surface area contributed by atoms with Gasteiger partial charge in [0.25, 0.3) is 5.79 Å². The number of carbonyl (C=O) groups is 2. The molecule has 1 N–H and O–H groups in total. The summed E-state index contributed by atoms with van der Waals surface area (Å²) in [5.41, 5.74) is -1.01. The predicted octanol–water partition coefficient (Wildman–Crippen LogP) is 3.33. The lowest BCUT2D eigenvalue weighted by atomic mass is 10.1. The van der Waals surface area contributed by atoms with E-state index in [1.165, 1.54) is 26.1 Å². The highest BCUT2D eigenvalue weighted by molar-refractivity contribution is 6.15. The van der Waals surface area contributed by atoms with Gasteiger partial charge in [0.05, 0.1) is 16.9 Å². The van der Waals surface area contributed by atoms with Crippen LogP contribution in [0.2, 0.25) is 0 Å². The van der Waals surface area contributed by atoms with E-state index >= 15 is 0 Å². The second kappa shape index (κ2) is 6.70. The van der Waals surface area contributed by atoms with Crippen molar-refractivity contribution in [3.63, 3.8) is 0 Å². The Morgan fingerprint density at radius 1 is 1.18 bits per heavy atom. The van der Waals surface area contributed by atoms with Crippen LogP contribution in [0.4, 0.5) is 18.9 Å². The van der Waals surface area contributed by atoms with E-state index in [-0.39, 0.29) is 5.69 Å². The van der Waals surface area contributed by atoms with E-state index in [9.17, 15) is 22.8 Å². The van der Waals surface area contributed by atoms with Crippen LogP contribution in [0.25, 0.3) is 5.69 Å². The number of aromatic nitrogens is 2. The predicted molar refractivity (Wildman–Crippen MR) is 91.3 cm³/mol. The van der Waals surface area contributed by atoms with Gasteiger partial charge in [-0.1, -0.05) is 0 Å². The zero-order valence-corrected chi connectivity index (χ0v) is 15.1. The molecule has 0 aliphatic carbocycles. The number of nitrogens with one attached hydrogen (secondary N) is 1. The number of rotatable bonds is 3. The smallest absolute Gasteiger partial charge is 0.416 e. The van der Waals surface area contributed by atoms with Crippen molar-refractivity contribution in [2.24, 2.45) is 0 Å². The number of halogens is 3. The van der Waals surface area contributed by atoms with Crippen LogP contribution in [0.1, 0.15) is 25.2 Å². The summed E-state index contributed by atoms with van der Waals surface area (Å²) in [7, 11) is 0. The Balaban J connectivity index is 2.01. The average molecular weight is 395 g/mol. The number of nitrogens with zero attached hydrogens (tertiary/aromatic N) is 2. The normalized spacial score (nSPS) is 16.4. The first kappa shape index (κ1) is 19.5. The van der Waals surface area contributed by atoms with Crippen LogP contribution in [0.5, 0.6) is 0 Å². The summed E-state index contributed by atoms with van der Waals surface area (Å²) >= 11 is 0. The van der Waals surface area contributed by atoms with Gasteiger partial charge in [0.2, 0.25) is 0 Å². The molecule has 7 nitrogen and oxygen atoms in total. The molecule has 148 valence electrons. The molecule has 1 aliphatic rings. The van der Waals surface area contributed by atoms with Gasteiger partial charge in [-0.25, -0.2) is 14.6 Å². The summed E-state index contributed by atoms with van der Waals surface area (Å²) in [5, 5.41) is 2.59. The van der Waals surface area contributed by atoms with Crippen LogP contribution in [0.3, 0.4) is 0 Å². The highest BCUT2D eigenvalue weighted by Gasteiger charge is 2.39. The number of alkyl halides is 3. The van der Waals surface area contributed by atoms with Crippen LogP contribution >= 0.6 is 0 Å². The molecule has 0 bridgehead atoms. The highest BCUT2D eigenvalue weighted by Crippen LogP contribution is 2.34. The van der Waals surface area contributed by atoms with Crippen molar-refractivity contribution in [2.75, 3.05) is 5.32 Å². The van der Waals surface area contributed by atoms with Gasteiger partial charge in [-0.3, -0.25) is 0 Å². The van der Waals surface area contributed by atoms with Crippen molar-refractivity contribution in [1.29, 1.82) is 0 Å². The Morgan fingerprint density at radius 2 is 1.82 bits per heavy atom. The largest absolute Gasteiger partial charge is 0.419 e. The lowest BCUT2D eigenvalue weighted by molar-refractivity contribution is -0.222. The second-order valence-electron chi connectivity index (χ2n) is 6.46. The molecule has 0 amide bonds. The molecule has 1 aromatic heterocycles. The van der Waals surface area contributed by atoms with E-state index in [1.807, 2.05) is 0 Å². The van der Waals surface area contributed by atoms with Crippen molar-refractivity contribution in [3.05, 3.63) is 53.8 Å². The molecular weight excluding hydrogens is 379 g/mol. The third-order valence-electron chi connectivity index (χ3n) is 3.90. The van der Waals surface area contributed by atoms with Gasteiger partial charge in [-0.15, -0.1) is 0 Å². The van der Waals surface area contributed by atoms with Crippen LogP contribution in [0.15, 0.2) is 42.4 Å². The van der Waals surface area contributed by atoms with E-state index < -0.39 is 35.0 Å². The number of cyclic esters (lactones) is 2. The molecule has 1 saturated heterocycles. The van der Waals surface area contributed by atoms with Gasteiger partial charge in [-0.2, -0.15) is 13.2 Å². The fourth-order valence-electron chi connectivity index (χ4n) is 2.60. The number of ether oxygens (including phenoxy) is 2. The molecule has 0 spiro atoms. The lowest BCUT2D eigenvalue weighted by Gasteiger charge is -2.29. The van der Waals surface area contributed by atoms with Gasteiger partial charge >= 0.3 is 18.1 Å². The Hall–Kier alpha value is -3.30. The number of carbonyl (C=O) groups excluding carboxylic acids is 2. The molecular formula is C18H16F3N3O4. The number of esters is 2. The fraction of sp³-hybridized carbons (Fsp3) is 0.278. The van der Waals surface area contributed by atoms with E-state index in [1.54, 1.807) is 17.7 Å². The molecule has 1 aromatic carbocycles. The number of hydrogen-bond acceptors (Lipinski definition) is 6. The Bertz CT molecular complexity index is 955. The molecule has 3 rings (SSSR count). The number of anilines is 1. The second-order valence-corrected chi connectivity index (χ2v) is 6.46. The topological polar surface area (TPSA) is 82.5 Å². The lowest BCUT2D eigenvalue weighted by Crippen LogP contribution is -2.42. The first-order valence-electron chi connectivity index (χ1n) is 8.13. The zero-order chi connectivity index (χ0) is 20.7. The Labute approximate surface area is 157 Å². The molecule has 0 saturated carbocycles. The molecule has 1 aliphatic heterocycles. The molecule has 1 fully saturated rings. The maximum Gasteiger partial charge on any atom is 0.416 e. The third kappa shape index (κ3) is 3.85. The first-order valence-corrected chi connectivity index (χ1v) is 8.13. The summed E-state index contributed by atoms with van der Waals surface area (Å²) in [6.07, 6.45) is -0.543. The minimum Gasteiger partial charge on any atom is -0.419 e. The minimum absolute atomic E-state index is 0.00820. The maximum absolute atomic E-state index is 13.1. The molecule has 2 aromatic rings. The number of imidazole rings is 1. The summed E-state index contributed by atoms with van der Waals surface area (Å²) < 4.78 is 50.8. The van der Waals surface area contributed by atoms with Crippen molar-refractivity contribution < 1.29 is 32.2 Å². The summed E-state index contributed by atoms with van der Waals surface area (Å²) in [4.78, 5) is 28.1. The molecule has 0 unspecified atom stereocenters. The fourth-order valence-corrected chi connectivity index (χ4v) is 2.60. The number of benzene rings is 1. The SMILES string of the molecule is Cc1nccn1-c1ccc(C(F)(F)F)cc1NC=C1C(=O)OC(C)(C)OC1=O. The van der Waals surface area contributed by atoms with Crippen LogP contribution in [-0.2, 0) is 25.2 Å². The zero-order valence-electron chi connectivity index (χ0n) is 15.1. The van der Waals surface area contributed by atoms with E-state index in [4.69, 9.17) is 9.47 Å². The third-order valence-corrected chi connectivity index (χ3v) is 3.90. The number of hydrogen-bond donors (Lipinski definition) is 1. The van der Waals surface area contributed by atoms with Crippen molar-refractivity contribution in [2.45, 2.75) is 32.7 Å². The van der Waals surface area contributed by atoms with Gasteiger partial charge in [0.15, 0.2) is 5.57 Å². The van der Waals surface area contributed by atoms with E-state index in [0.717, 1.165) is 18.3 Å². The molecule has 0 radical (unpaired) electrons. The molecule has 28 heavy (non-hydrogen) atoms. The van der Waals surface area contributed by atoms with Crippen LogP contribution in [-0.4, -0.2) is 27.3 Å². The van der Waals surface area contributed by atoms with Crippen LogP contribution < -0.4 is 5.32 Å². The number of aryl methyl sites for hydroxylation is 1. The molecule has 2 heterocycles. The summed E-state index contributed by atoms with van der Waals surface area (Å²) in [5.74, 6) is -2.77. The van der Waals surface area contributed by atoms with Gasteiger partial charge in [-0.05, 0) is 25.1 Å². The Kier molecular flexibility index (Phi) is 4.66. The van der Waals surface area contributed by atoms with Gasteiger partial charge in [0.1, 0.15) is 5.82 Å². The summed E-state index contributed by atoms with van der Waals surface area (Å²) in [6.45, 7) is 4.46. The maximum atomic E-state index is 13.1.